The number of nitrogens with zero attached hydrogens (tertiary/aromatic N) is 4. The van der Waals surface area contributed by atoms with Gasteiger partial charge in [0.15, 0.2) is 0 Å². The van der Waals surface area contributed by atoms with Crippen LogP contribution < -0.4 is 5.73 Å². The van der Waals surface area contributed by atoms with Gasteiger partial charge in [0.25, 0.3) is 0 Å². The van der Waals surface area contributed by atoms with Gasteiger partial charge >= 0.3 is 0 Å². The molecule has 5 heteroatoms. The summed E-state index contributed by atoms with van der Waals surface area (Å²) in [6.45, 7) is 2.73. The lowest BCUT2D eigenvalue weighted by molar-refractivity contribution is 0.832. The maximum atomic E-state index is 5.65. The second-order valence-corrected chi connectivity index (χ2v) is 7.77. The van der Waals surface area contributed by atoms with Crippen LogP contribution in [0.2, 0.25) is 0 Å². The molecule has 0 atom stereocenters. The lowest BCUT2D eigenvalue weighted by Crippen LogP contribution is -2.01. The second-order valence-electron chi connectivity index (χ2n) is 7.77. The number of nitrogens with two attached hydrogens (primary N) is 1. The third kappa shape index (κ3) is 3.84. The van der Waals surface area contributed by atoms with E-state index in [4.69, 9.17) is 10.7 Å². The highest BCUT2D eigenvalue weighted by Crippen LogP contribution is 2.28. The average Bonchev–Trinajstić information content (AvgIpc) is 3.18. The molecule has 2 N–H and O–H groups in total. The maximum absolute atomic E-state index is 5.65. The molecule has 0 radical (unpaired) electrons. The molecular formula is C27H23N5. The summed E-state index contributed by atoms with van der Waals surface area (Å²) >= 11 is 0. The predicted octanol–water partition coefficient (Wildman–Crippen LogP) is 4.57. The fourth-order valence-electron chi connectivity index (χ4n) is 3.96. The van der Waals surface area contributed by atoms with Gasteiger partial charge in [0, 0.05) is 34.6 Å². The molecule has 0 saturated carbocycles. The number of aromatic nitrogens is 4. The van der Waals surface area contributed by atoms with E-state index in [1.807, 2.05) is 37.4 Å². The first-order valence-electron chi connectivity index (χ1n) is 10.7. The SMILES string of the molecule is Cc1nc2cnc3ccc(C#Cc4cccnc4)cc3c2n1-c1ccc(CCCN)cc1. The van der Waals surface area contributed by atoms with Gasteiger partial charge in [-0.1, -0.05) is 24.0 Å². The van der Waals surface area contributed by atoms with Crippen molar-refractivity contribution in [1.82, 2.24) is 19.5 Å². The molecule has 5 aromatic rings. The van der Waals surface area contributed by atoms with E-state index in [1.165, 1.54) is 5.56 Å². The molecular weight excluding hydrogens is 394 g/mol. The Labute approximate surface area is 187 Å². The quantitative estimate of drug-likeness (QED) is 0.435. The number of rotatable bonds is 4. The minimum Gasteiger partial charge on any atom is -0.330 e. The zero-order valence-electron chi connectivity index (χ0n) is 17.9. The number of fused-ring (bicyclic) bond motifs is 3. The van der Waals surface area contributed by atoms with Crippen LogP contribution in [0.3, 0.4) is 0 Å². The molecule has 0 aliphatic carbocycles. The molecule has 0 fully saturated rings. The van der Waals surface area contributed by atoms with Gasteiger partial charge in [-0.25, -0.2) is 4.98 Å². The normalized spacial score (nSPS) is 10.9. The highest BCUT2D eigenvalue weighted by molar-refractivity contribution is 6.03. The predicted molar refractivity (Wildman–Crippen MR) is 129 cm³/mol. The molecule has 0 spiro atoms. The highest BCUT2D eigenvalue weighted by Gasteiger charge is 2.14. The van der Waals surface area contributed by atoms with E-state index in [9.17, 15) is 0 Å². The molecule has 0 saturated heterocycles. The van der Waals surface area contributed by atoms with Crippen molar-refractivity contribution in [3.63, 3.8) is 0 Å². The Bertz CT molecular complexity index is 1460. The van der Waals surface area contributed by atoms with Crippen LogP contribution in [0.4, 0.5) is 0 Å². The third-order valence-corrected chi connectivity index (χ3v) is 5.53. The number of pyridine rings is 2. The average molecular weight is 418 g/mol. The Hall–Kier alpha value is -4.01. The number of benzene rings is 2. The largest absolute Gasteiger partial charge is 0.330 e. The molecule has 0 unspecified atom stereocenters. The van der Waals surface area contributed by atoms with Crippen molar-refractivity contribution >= 4 is 21.9 Å². The van der Waals surface area contributed by atoms with Gasteiger partial charge in [-0.2, -0.15) is 0 Å². The zero-order chi connectivity index (χ0) is 21.9. The van der Waals surface area contributed by atoms with Gasteiger partial charge in [0.2, 0.25) is 0 Å². The number of imidazole rings is 1. The molecule has 2 aromatic carbocycles. The Morgan fingerprint density at radius 1 is 0.938 bits per heavy atom. The van der Waals surface area contributed by atoms with Gasteiger partial charge in [0.05, 0.1) is 17.2 Å². The van der Waals surface area contributed by atoms with Gasteiger partial charge in [-0.3, -0.25) is 14.5 Å². The van der Waals surface area contributed by atoms with Crippen LogP contribution in [0.5, 0.6) is 0 Å². The third-order valence-electron chi connectivity index (χ3n) is 5.53. The summed E-state index contributed by atoms with van der Waals surface area (Å²) in [5.41, 5.74) is 12.7. The lowest BCUT2D eigenvalue weighted by Gasteiger charge is -2.10. The Morgan fingerprint density at radius 2 is 1.78 bits per heavy atom. The smallest absolute Gasteiger partial charge is 0.111 e. The summed E-state index contributed by atoms with van der Waals surface area (Å²) in [4.78, 5) is 13.5. The molecule has 0 aliphatic rings. The zero-order valence-corrected chi connectivity index (χ0v) is 17.9. The summed E-state index contributed by atoms with van der Waals surface area (Å²) in [6, 6.07) is 18.6. The fraction of sp³-hybridized carbons (Fsp3) is 0.148. The monoisotopic (exact) mass is 417 g/mol. The van der Waals surface area contributed by atoms with Crippen LogP contribution in [-0.4, -0.2) is 26.1 Å². The van der Waals surface area contributed by atoms with Crippen LogP contribution in [0, 0.1) is 18.8 Å². The van der Waals surface area contributed by atoms with E-state index in [0.717, 1.165) is 57.4 Å². The molecule has 3 heterocycles. The van der Waals surface area contributed by atoms with Gasteiger partial charge in [-0.05, 0) is 74.3 Å². The molecule has 5 nitrogen and oxygen atoms in total. The summed E-state index contributed by atoms with van der Waals surface area (Å²) in [6.07, 6.45) is 7.34. The summed E-state index contributed by atoms with van der Waals surface area (Å²) in [7, 11) is 0. The Morgan fingerprint density at radius 3 is 2.56 bits per heavy atom. The highest BCUT2D eigenvalue weighted by atomic mass is 15.1. The van der Waals surface area contributed by atoms with E-state index in [0.29, 0.717) is 6.54 Å². The van der Waals surface area contributed by atoms with Crippen LogP contribution in [0.1, 0.15) is 28.9 Å². The number of aryl methyl sites for hydroxylation is 2. The van der Waals surface area contributed by atoms with Crippen molar-refractivity contribution in [3.05, 3.63) is 95.7 Å². The van der Waals surface area contributed by atoms with E-state index in [1.54, 1.807) is 12.4 Å². The van der Waals surface area contributed by atoms with Crippen molar-refractivity contribution in [2.24, 2.45) is 5.73 Å². The van der Waals surface area contributed by atoms with Gasteiger partial charge in [-0.15, -0.1) is 0 Å². The molecule has 0 bridgehead atoms. The molecule has 156 valence electrons. The van der Waals surface area contributed by atoms with Crippen LogP contribution in [0.25, 0.3) is 27.6 Å². The standard InChI is InChI=1S/C27H23N5/c1-19-31-26-18-30-25-13-10-21(6-7-22-5-3-15-29-17-22)16-24(25)27(26)32(19)23-11-8-20(9-12-23)4-2-14-28/h3,5,8-13,15-18H,2,4,14,28H2,1H3. The molecule has 3 aromatic heterocycles. The van der Waals surface area contributed by atoms with Crippen molar-refractivity contribution in [2.45, 2.75) is 19.8 Å². The van der Waals surface area contributed by atoms with Crippen LogP contribution in [0.15, 0.2) is 73.2 Å². The first-order valence-corrected chi connectivity index (χ1v) is 10.7. The fourth-order valence-corrected chi connectivity index (χ4v) is 3.96. The van der Waals surface area contributed by atoms with Gasteiger partial charge in [0.1, 0.15) is 11.3 Å². The Balaban J connectivity index is 1.63. The second kappa shape index (κ2) is 8.62. The van der Waals surface area contributed by atoms with Crippen molar-refractivity contribution in [1.29, 1.82) is 0 Å². The van der Waals surface area contributed by atoms with E-state index in [2.05, 4.69) is 56.7 Å². The first-order chi connectivity index (χ1) is 15.7. The molecule has 5 rings (SSSR count). The minimum atomic E-state index is 0.706. The first kappa shape index (κ1) is 19.9. The summed E-state index contributed by atoms with van der Waals surface area (Å²) < 4.78 is 2.20. The summed E-state index contributed by atoms with van der Waals surface area (Å²) in [5.74, 6) is 7.36. The maximum Gasteiger partial charge on any atom is 0.111 e. The van der Waals surface area contributed by atoms with Crippen molar-refractivity contribution in [2.75, 3.05) is 6.54 Å². The number of hydrogen-bond acceptors (Lipinski definition) is 4. The topological polar surface area (TPSA) is 69.6 Å². The Kier molecular flexibility index (Phi) is 5.37. The molecule has 32 heavy (non-hydrogen) atoms. The molecule has 0 aliphatic heterocycles. The van der Waals surface area contributed by atoms with Crippen LogP contribution in [-0.2, 0) is 6.42 Å². The van der Waals surface area contributed by atoms with E-state index in [-0.39, 0.29) is 0 Å². The lowest BCUT2D eigenvalue weighted by atomic mass is 10.1. The minimum absolute atomic E-state index is 0.706. The van der Waals surface area contributed by atoms with Crippen LogP contribution >= 0.6 is 0 Å². The number of hydrogen-bond donors (Lipinski definition) is 1. The van der Waals surface area contributed by atoms with Crippen molar-refractivity contribution < 1.29 is 0 Å². The van der Waals surface area contributed by atoms with E-state index < -0.39 is 0 Å². The summed E-state index contributed by atoms with van der Waals surface area (Å²) in [5, 5.41) is 1.04. The van der Waals surface area contributed by atoms with E-state index >= 15 is 0 Å². The van der Waals surface area contributed by atoms with Gasteiger partial charge < -0.3 is 5.73 Å². The van der Waals surface area contributed by atoms with Crippen molar-refractivity contribution in [3.8, 4) is 17.5 Å². The molecule has 0 amide bonds.